The summed E-state index contributed by atoms with van der Waals surface area (Å²) in [5.41, 5.74) is 2.23. The minimum atomic E-state index is -1.15. The van der Waals surface area contributed by atoms with E-state index in [9.17, 15) is 9.50 Å². The standard InChI is InChI=1S/C23H26FN3O4/c1-30-21-14-16(4-9-20(21)25-10-12-28)13-17-3-2-11-27-22(17)26-31-23(27,15-29)18-5-7-19(24)8-6-18/h4-9,13-14,25,28-29H,2-3,10-12,15H2,1H3/b17-13+. The number of benzene rings is 2. The minimum Gasteiger partial charge on any atom is -0.495 e. The van der Waals surface area contributed by atoms with E-state index in [2.05, 4.69) is 10.5 Å². The zero-order valence-corrected chi connectivity index (χ0v) is 17.3. The Balaban J connectivity index is 1.63. The summed E-state index contributed by atoms with van der Waals surface area (Å²) in [6.07, 6.45) is 3.71. The van der Waals surface area contributed by atoms with Crippen molar-refractivity contribution in [2.45, 2.75) is 18.6 Å². The summed E-state index contributed by atoms with van der Waals surface area (Å²) in [4.78, 5) is 7.73. The lowest BCUT2D eigenvalue weighted by atomic mass is 9.95. The summed E-state index contributed by atoms with van der Waals surface area (Å²) in [6, 6.07) is 11.7. The minimum absolute atomic E-state index is 0.0330. The van der Waals surface area contributed by atoms with Crippen LogP contribution in [0.2, 0.25) is 0 Å². The van der Waals surface area contributed by atoms with Crippen LogP contribution < -0.4 is 10.1 Å². The molecule has 0 aliphatic carbocycles. The summed E-state index contributed by atoms with van der Waals surface area (Å²) >= 11 is 0. The van der Waals surface area contributed by atoms with Gasteiger partial charge in [-0.15, -0.1) is 0 Å². The number of rotatable bonds is 7. The normalized spacial score (nSPS) is 21.5. The number of nitrogens with one attached hydrogen (secondary N) is 1. The fraction of sp³-hybridized carbons (Fsp3) is 0.348. The highest BCUT2D eigenvalue weighted by atomic mass is 19.1. The van der Waals surface area contributed by atoms with Gasteiger partial charge in [-0.2, -0.15) is 0 Å². The molecule has 2 aromatic carbocycles. The molecule has 2 heterocycles. The Morgan fingerprint density at radius 1 is 1.26 bits per heavy atom. The number of anilines is 1. The van der Waals surface area contributed by atoms with E-state index in [1.54, 1.807) is 19.2 Å². The number of aliphatic hydroxyl groups is 2. The second-order valence-corrected chi connectivity index (χ2v) is 7.49. The molecule has 0 radical (unpaired) electrons. The first-order valence-electron chi connectivity index (χ1n) is 10.3. The number of nitrogens with zero attached hydrogens (tertiary/aromatic N) is 2. The highest BCUT2D eigenvalue weighted by Gasteiger charge is 2.49. The summed E-state index contributed by atoms with van der Waals surface area (Å²) < 4.78 is 18.9. The number of oxime groups is 1. The molecule has 0 spiro atoms. The Morgan fingerprint density at radius 3 is 2.77 bits per heavy atom. The molecule has 4 rings (SSSR count). The highest BCUT2D eigenvalue weighted by Crippen LogP contribution is 2.40. The van der Waals surface area contributed by atoms with Crippen LogP contribution in [-0.2, 0) is 10.6 Å². The third-order valence-electron chi connectivity index (χ3n) is 5.59. The fourth-order valence-corrected chi connectivity index (χ4v) is 4.04. The van der Waals surface area contributed by atoms with Crippen molar-refractivity contribution in [2.75, 3.05) is 38.7 Å². The topological polar surface area (TPSA) is 86.6 Å². The SMILES string of the molecule is COc1cc(/C=C2\CCCN3C2=NOC3(CO)c2ccc(F)cc2)ccc1NCCO. The number of ether oxygens (including phenoxy) is 1. The number of aliphatic hydroxyl groups excluding tert-OH is 2. The second-order valence-electron chi connectivity index (χ2n) is 7.49. The smallest absolute Gasteiger partial charge is 0.260 e. The van der Waals surface area contributed by atoms with Crippen molar-refractivity contribution in [2.24, 2.45) is 5.16 Å². The van der Waals surface area contributed by atoms with Crippen LogP contribution in [0.15, 0.2) is 53.2 Å². The van der Waals surface area contributed by atoms with Gasteiger partial charge < -0.3 is 30.0 Å². The van der Waals surface area contributed by atoms with Gasteiger partial charge in [-0.3, -0.25) is 0 Å². The number of halogens is 1. The first kappa shape index (κ1) is 21.1. The first-order chi connectivity index (χ1) is 15.1. The molecule has 0 amide bonds. The zero-order valence-electron chi connectivity index (χ0n) is 17.3. The van der Waals surface area contributed by atoms with Crippen molar-refractivity contribution in [3.63, 3.8) is 0 Å². The first-order valence-corrected chi connectivity index (χ1v) is 10.3. The van der Waals surface area contributed by atoms with Gasteiger partial charge in [0, 0.05) is 18.7 Å². The maximum Gasteiger partial charge on any atom is 0.260 e. The van der Waals surface area contributed by atoms with Crippen LogP contribution in [0.1, 0.15) is 24.0 Å². The summed E-state index contributed by atoms with van der Waals surface area (Å²) in [6.45, 7) is 0.831. The van der Waals surface area contributed by atoms with Crippen molar-refractivity contribution in [3.8, 4) is 5.75 Å². The van der Waals surface area contributed by atoms with Gasteiger partial charge in [-0.1, -0.05) is 11.2 Å². The predicted molar refractivity (Wildman–Crippen MR) is 116 cm³/mol. The van der Waals surface area contributed by atoms with Crippen molar-refractivity contribution in [3.05, 3.63) is 65.0 Å². The fourth-order valence-electron chi connectivity index (χ4n) is 4.04. The maximum atomic E-state index is 13.4. The molecule has 2 aliphatic heterocycles. The molecule has 2 aliphatic rings. The van der Waals surface area contributed by atoms with Crippen molar-refractivity contribution in [1.82, 2.24) is 4.90 Å². The molecule has 0 saturated carbocycles. The molecule has 1 fully saturated rings. The average Bonchev–Trinajstić information content (AvgIpc) is 3.19. The Labute approximate surface area is 180 Å². The number of amidine groups is 1. The largest absolute Gasteiger partial charge is 0.495 e. The Bertz CT molecular complexity index is 993. The monoisotopic (exact) mass is 427 g/mol. The number of fused-ring (bicyclic) bond motifs is 1. The molecule has 3 N–H and O–H groups in total. The predicted octanol–water partition coefficient (Wildman–Crippen LogP) is 2.91. The van der Waals surface area contributed by atoms with Crippen molar-refractivity contribution < 1.29 is 24.2 Å². The molecule has 164 valence electrons. The van der Waals surface area contributed by atoms with Crippen LogP contribution in [0.25, 0.3) is 6.08 Å². The van der Waals surface area contributed by atoms with Crippen LogP contribution in [0.3, 0.4) is 0 Å². The van der Waals surface area contributed by atoms with E-state index in [-0.39, 0.29) is 19.0 Å². The van der Waals surface area contributed by atoms with Gasteiger partial charge in [-0.25, -0.2) is 4.39 Å². The average molecular weight is 427 g/mol. The van der Waals surface area contributed by atoms with E-state index < -0.39 is 5.72 Å². The van der Waals surface area contributed by atoms with E-state index in [4.69, 9.17) is 14.7 Å². The van der Waals surface area contributed by atoms with Gasteiger partial charge >= 0.3 is 0 Å². The molecule has 0 bridgehead atoms. The Hall–Kier alpha value is -3.10. The molecular formula is C23H26FN3O4. The second kappa shape index (κ2) is 8.95. The molecular weight excluding hydrogens is 401 g/mol. The molecule has 31 heavy (non-hydrogen) atoms. The van der Waals surface area contributed by atoms with E-state index in [1.165, 1.54) is 12.1 Å². The molecule has 7 nitrogen and oxygen atoms in total. The van der Waals surface area contributed by atoms with Gasteiger partial charge in [0.1, 0.15) is 18.2 Å². The lowest BCUT2D eigenvalue weighted by Gasteiger charge is -2.38. The quantitative estimate of drug-likeness (QED) is 0.630. The van der Waals surface area contributed by atoms with Gasteiger partial charge in [0.15, 0.2) is 5.84 Å². The highest BCUT2D eigenvalue weighted by molar-refractivity contribution is 6.03. The summed E-state index contributed by atoms with van der Waals surface area (Å²) in [5.74, 6) is 1.00. The van der Waals surface area contributed by atoms with Gasteiger partial charge in [0.05, 0.1) is 19.4 Å². The molecule has 2 aromatic rings. The van der Waals surface area contributed by atoms with Crippen LogP contribution in [0.4, 0.5) is 10.1 Å². The van der Waals surface area contributed by atoms with Crippen LogP contribution in [-0.4, -0.2) is 54.4 Å². The molecule has 8 heteroatoms. The molecule has 1 unspecified atom stereocenters. The van der Waals surface area contributed by atoms with Gasteiger partial charge in [0.2, 0.25) is 0 Å². The van der Waals surface area contributed by atoms with E-state index in [1.807, 2.05) is 29.2 Å². The zero-order chi connectivity index (χ0) is 21.8. The summed E-state index contributed by atoms with van der Waals surface area (Å²) in [5, 5.41) is 26.7. The molecule has 0 aromatic heterocycles. The van der Waals surface area contributed by atoms with E-state index in [0.29, 0.717) is 30.2 Å². The third kappa shape index (κ3) is 3.96. The maximum absolute atomic E-state index is 13.4. The van der Waals surface area contributed by atoms with Gasteiger partial charge in [-0.05, 0) is 66.5 Å². The van der Waals surface area contributed by atoms with Crippen LogP contribution in [0, 0.1) is 5.82 Å². The number of piperidine rings is 1. The van der Waals surface area contributed by atoms with Crippen LogP contribution >= 0.6 is 0 Å². The lowest BCUT2D eigenvalue weighted by molar-refractivity contribution is -0.137. The molecule has 1 atom stereocenters. The number of hydrogen-bond acceptors (Lipinski definition) is 7. The molecule has 1 saturated heterocycles. The van der Waals surface area contributed by atoms with E-state index >= 15 is 0 Å². The summed E-state index contributed by atoms with van der Waals surface area (Å²) in [7, 11) is 1.60. The number of methoxy groups -OCH3 is 1. The Kier molecular flexibility index (Phi) is 6.11. The van der Waals surface area contributed by atoms with E-state index in [0.717, 1.165) is 29.7 Å². The van der Waals surface area contributed by atoms with Crippen molar-refractivity contribution >= 4 is 17.6 Å². The number of hydrogen-bond donors (Lipinski definition) is 3. The Morgan fingerprint density at radius 2 is 2.06 bits per heavy atom. The van der Waals surface area contributed by atoms with Gasteiger partial charge in [0.25, 0.3) is 5.72 Å². The van der Waals surface area contributed by atoms with Crippen molar-refractivity contribution in [1.29, 1.82) is 0 Å². The third-order valence-corrected chi connectivity index (χ3v) is 5.59. The lowest BCUT2D eigenvalue weighted by Crippen LogP contribution is -2.51. The van der Waals surface area contributed by atoms with Crippen LogP contribution in [0.5, 0.6) is 5.75 Å².